The maximum atomic E-state index is 4.41. The van der Waals surface area contributed by atoms with Crippen molar-refractivity contribution in [3.8, 4) is 22.3 Å². The number of aromatic nitrogens is 2. The maximum absolute atomic E-state index is 4.41. The Bertz CT molecular complexity index is 2720. The predicted octanol–water partition coefficient (Wildman–Crippen LogP) is 16.4. The Balaban J connectivity index is 0.000000174. The van der Waals surface area contributed by atoms with Crippen molar-refractivity contribution >= 4 is 42.7 Å². The fraction of sp³-hybridized carbons (Fsp3) is 0.193. The van der Waals surface area contributed by atoms with E-state index < -0.39 is 0 Å². The van der Waals surface area contributed by atoms with Gasteiger partial charge in [-0.15, -0.1) is 11.3 Å². The van der Waals surface area contributed by atoms with Crippen LogP contribution in [0.1, 0.15) is 79.7 Å². The Kier molecular flexibility index (Phi) is 15.3. The lowest BCUT2D eigenvalue weighted by atomic mass is 9.85. The zero-order chi connectivity index (χ0) is 42.4. The SMILES string of the molecule is C=C(/C=C(C)\C=C(/CC)c1ccccn1)c1ccccn1.CCCc1ccccc1.CCc1ccccc1-c1c(C)ccc(-c2c(C)ccc3sc4ccccc4c23)c1C. The number of thiophene rings is 1. The molecule has 3 heteroatoms. The van der Waals surface area contributed by atoms with Crippen LogP contribution in [-0.2, 0) is 12.8 Å². The van der Waals surface area contributed by atoms with E-state index >= 15 is 0 Å². The van der Waals surface area contributed by atoms with Crippen LogP contribution in [-0.4, -0.2) is 9.97 Å². The third-order valence-corrected chi connectivity index (χ3v) is 12.1. The van der Waals surface area contributed by atoms with Crippen LogP contribution < -0.4 is 0 Å². The molecular weight excluding hydrogens is 745 g/mol. The summed E-state index contributed by atoms with van der Waals surface area (Å²) in [5.41, 5.74) is 17.6. The number of hydrogen-bond acceptors (Lipinski definition) is 3. The topological polar surface area (TPSA) is 25.8 Å². The Hall–Kier alpha value is -6.16. The summed E-state index contributed by atoms with van der Waals surface area (Å²) in [6, 6.07) is 49.3. The van der Waals surface area contributed by atoms with Crippen LogP contribution in [0.4, 0.5) is 0 Å². The number of benzene rings is 5. The van der Waals surface area contributed by atoms with Crippen LogP contribution in [0.5, 0.6) is 0 Å². The van der Waals surface area contributed by atoms with E-state index in [9.17, 15) is 0 Å². The Morgan fingerprint density at radius 1 is 0.600 bits per heavy atom. The highest BCUT2D eigenvalue weighted by molar-refractivity contribution is 7.25. The second kappa shape index (κ2) is 21.2. The van der Waals surface area contributed by atoms with Gasteiger partial charge >= 0.3 is 0 Å². The quantitative estimate of drug-likeness (QED) is 0.129. The first-order valence-electron chi connectivity index (χ1n) is 21.3. The van der Waals surface area contributed by atoms with Gasteiger partial charge in [0.1, 0.15) is 0 Å². The van der Waals surface area contributed by atoms with Gasteiger partial charge in [-0.05, 0) is 145 Å². The molecule has 0 aliphatic heterocycles. The average molecular weight is 803 g/mol. The van der Waals surface area contributed by atoms with Gasteiger partial charge in [-0.1, -0.05) is 155 Å². The molecule has 3 aromatic heterocycles. The van der Waals surface area contributed by atoms with Crippen LogP contribution >= 0.6 is 11.3 Å². The second-order valence-corrected chi connectivity index (χ2v) is 16.4. The number of pyridine rings is 2. The van der Waals surface area contributed by atoms with E-state index in [-0.39, 0.29) is 0 Å². The summed E-state index contributed by atoms with van der Waals surface area (Å²) in [6.07, 6.45) is 12.3. The molecule has 0 saturated heterocycles. The minimum atomic E-state index is 0.904. The molecule has 2 nitrogen and oxygen atoms in total. The van der Waals surface area contributed by atoms with E-state index in [2.05, 4.69) is 180 Å². The summed E-state index contributed by atoms with van der Waals surface area (Å²) in [6.45, 7) is 19.5. The molecule has 0 aliphatic carbocycles. The Morgan fingerprint density at radius 3 is 1.92 bits per heavy atom. The van der Waals surface area contributed by atoms with Gasteiger partial charge in [0, 0.05) is 32.6 Å². The van der Waals surface area contributed by atoms with E-state index in [0.29, 0.717) is 0 Å². The van der Waals surface area contributed by atoms with Crippen molar-refractivity contribution in [2.45, 2.75) is 74.1 Å². The zero-order valence-corrected chi connectivity index (χ0v) is 37.2. The van der Waals surface area contributed by atoms with Crippen LogP contribution in [0.3, 0.4) is 0 Å². The molecule has 302 valence electrons. The predicted molar refractivity (Wildman–Crippen MR) is 264 cm³/mol. The third-order valence-electron chi connectivity index (χ3n) is 10.9. The van der Waals surface area contributed by atoms with Gasteiger partial charge in [0.05, 0.1) is 11.4 Å². The van der Waals surface area contributed by atoms with Gasteiger partial charge in [0.15, 0.2) is 0 Å². The molecule has 0 atom stereocenters. The molecule has 0 fully saturated rings. The van der Waals surface area contributed by atoms with E-state index in [1.165, 1.54) is 88.7 Å². The average Bonchev–Trinajstić information content (AvgIpc) is 3.66. The van der Waals surface area contributed by atoms with Crippen molar-refractivity contribution in [1.82, 2.24) is 9.97 Å². The minimum absolute atomic E-state index is 0.904. The largest absolute Gasteiger partial charge is 0.257 e. The number of fused-ring (bicyclic) bond motifs is 3. The van der Waals surface area contributed by atoms with Crippen LogP contribution in [0.2, 0.25) is 0 Å². The molecule has 5 aromatic carbocycles. The Labute approximate surface area is 362 Å². The Morgan fingerprint density at radius 2 is 1.23 bits per heavy atom. The summed E-state index contributed by atoms with van der Waals surface area (Å²) in [7, 11) is 0. The van der Waals surface area contributed by atoms with E-state index in [4.69, 9.17) is 0 Å². The molecule has 8 aromatic rings. The fourth-order valence-corrected chi connectivity index (χ4v) is 9.05. The highest BCUT2D eigenvalue weighted by Gasteiger charge is 2.18. The van der Waals surface area contributed by atoms with Crippen molar-refractivity contribution in [1.29, 1.82) is 0 Å². The molecule has 0 radical (unpaired) electrons. The van der Waals surface area contributed by atoms with Crippen molar-refractivity contribution in [2.24, 2.45) is 0 Å². The van der Waals surface area contributed by atoms with Crippen molar-refractivity contribution in [3.63, 3.8) is 0 Å². The summed E-state index contributed by atoms with van der Waals surface area (Å²) in [5.74, 6) is 0. The monoisotopic (exact) mass is 802 g/mol. The molecular formula is C57H58N2S. The van der Waals surface area contributed by atoms with E-state index in [1.807, 2.05) is 53.9 Å². The standard InChI is InChI=1S/C29H26S.C19H20N2.C9H12/c1-5-21-10-6-7-11-23(21)27-18(2)14-16-22(20(27)4)28-19(3)15-17-26-29(28)24-12-8-9-13-25(24)30-26;1-4-17(19-10-6-8-12-21-19)14-15(2)13-16(3)18-9-5-7-11-20-18;1-2-6-9-7-4-3-5-8-9/h6-17H,5H2,1-4H3;5-14H,3-4H2,1-2H3;3-5,7-8H,2,6H2,1H3/b;15-13-,17-14+;. The fourth-order valence-electron chi connectivity index (χ4n) is 7.93. The summed E-state index contributed by atoms with van der Waals surface area (Å²) < 4.78 is 2.73. The molecule has 0 amide bonds. The molecule has 8 rings (SSSR count). The maximum Gasteiger partial charge on any atom is 0.0696 e. The van der Waals surface area contributed by atoms with Crippen molar-refractivity contribution in [2.75, 3.05) is 0 Å². The number of allylic oxidation sites excluding steroid dienone is 5. The highest BCUT2D eigenvalue weighted by atomic mass is 32.1. The van der Waals surface area contributed by atoms with Gasteiger partial charge in [-0.25, -0.2) is 0 Å². The summed E-state index contributed by atoms with van der Waals surface area (Å²) in [4.78, 5) is 8.72. The van der Waals surface area contributed by atoms with Gasteiger partial charge in [-0.3, -0.25) is 9.97 Å². The third kappa shape index (κ3) is 10.5. The molecule has 3 heterocycles. The minimum Gasteiger partial charge on any atom is -0.257 e. The summed E-state index contributed by atoms with van der Waals surface area (Å²) >= 11 is 1.89. The van der Waals surface area contributed by atoms with Gasteiger partial charge in [-0.2, -0.15) is 0 Å². The van der Waals surface area contributed by atoms with Crippen molar-refractivity contribution in [3.05, 3.63) is 215 Å². The number of nitrogens with zero attached hydrogens (tertiary/aromatic N) is 2. The lowest BCUT2D eigenvalue weighted by Gasteiger charge is -2.19. The first kappa shape index (κ1) is 43.4. The molecule has 0 spiro atoms. The number of rotatable bonds is 10. The zero-order valence-electron chi connectivity index (χ0n) is 36.4. The molecule has 0 N–H and O–H groups in total. The van der Waals surface area contributed by atoms with Gasteiger partial charge < -0.3 is 0 Å². The summed E-state index contributed by atoms with van der Waals surface area (Å²) in [5, 5.41) is 2.77. The first-order chi connectivity index (χ1) is 29.2. The molecule has 0 bridgehead atoms. The number of aryl methyl sites for hydroxylation is 4. The second-order valence-electron chi connectivity index (χ2n) is 15.3. The van der Waals surface area contributed by atoms with Crippen molar-refractivity contribution < 1.29 is 0 Å². The molecule has 0 aliphatic rings. The van der Waals surface area contributed by atoms with Gasteiger partial charge in [0.2, 0.25) is 0 Å². The van der Waals surface area contributed by atoms with E-state index in [1.54, 1.807) is 6.20 Å². The lowest BCUT2D eigenvalue weighted by molar-refractivity contribution is 0.922. The van der Waals surface area contributed by atoms with Crippen LogP contribution in [0.25, 0.3) is 53.6 Å². The molecule has 60 heavy (non-hydrogen) atoms. The van der Waals surface area contributed by atoms with Crippen LogP contribution in [0.15, 0.2) is 176 Å². The molecule has 0 unspecified atom stereocenters. The number of hydrogen-bond donors (Lipinski definition) is 0. The van der Waals surface area contributed by atoms with Crippen LogP contribution in [0, 0.1) is 20.8 Å². The highest BCUT2D eigenvalue weighted by Crippen LogP contribution is 2.44. The lowest BCUT2D eigenvalue weighted by Crippen LogP contribution is -1.97. The smallest absolute Gasteiger partial charge is 0.0696 e. The molecule has 0 saturated carbocycles. The first-order valence-corrected chi connectivity index (χ1v) is 22.1. The van der Waals surface area contributed by atoms with E-state index in [0.717, 1.165) is 35.4 Å². The normalized spacial score (nSPS) is 11.4. The van der Waals surface area contributed by atoms with Gasteiger partial charge in [0.25, 0.3) is 0 Å².